The van der Waals surface area contributed by atoms with Crippen LogP contribution in [0.4, 0.5) is 0 Å². The van der Waals surface area contributed by atoms with Gasteiger partial charge in [0.05, 0.1) is 11.9 Å². The quantitative estimate of drug-likeness (QED) is 0.572. The largest absolute Gasteiger partial charge is 0.388 e. The van der Waals surface area contributed by atoms with E-state index in [1.807, 2.05) is 30.3 Å². The Labute approximate surface area is 97.1 Å². The van der Waals surface area contributed by atoms with Crippen molar-refractivity contribution in [3.05, 3.63) is 35.9 Å². The molecule has 16 heavy (non-hydrogen) atoms. The van der Waals surface area contributed by atoms with E-state index >= 15 is 0 Å². The molecule has 0 aromatic heterocycles. The Kier molecular flexibility index (Phi) is 4.99. The van der Waals surface area contributed by atoms with Crippen LogP contribution in [-0.2, 0) is 4.74 Å². The summed E-state index contributed by atoms with van der Waals surface area (Å²) in [7, 11) is 0. The fourth-order valence-electron chi connectivity index (χ4n) is 1.45. The molecule has 3 nitrogen and oxygen atoms in total. The summed E-state index contributed by atoms with van der Waals surface area (Å²) in [5, 5.41) is 7.36. The molecule has 0 bridgehead atoms. The fourth-order valence-corrected chi connectivity index (χ4v) is 1.45. The van der Waals surface area contributed by atoms with Gasteiger partial charge in [-0.2, -0.15) is 0 Å². The first kappa shape index (κ1) is 12.7. The zero-order valence-electron chi connectivity index (χ0n) is 9.94. The molecule has 88 valence electrons. The van der Waals surface area contributed by atoms with Gasteiger partial charge >= 0.3 is 0 Å². The van der Waals surface area contributed by atoms with Crippen molar-refractivity contribution in [1.82, 2.24) is 0 Å². The molecule has 1 atom stereocenters. The highest BCUT2D eigenvalue weighted by Gasteiger charge is 2.13. The maximum absolute atomic E-state index is 7.36. The van der Waals surface area contributed by atoms with Crippen LogP contribution in [0.2, 0.25) is 0 Å². The molecule has 0 aliphatic heterocycles. The maximum atomic E-state index is 7.36. The van der Waals surface area contributed by atoms with Crippen molar-refractivity contribution < 1.29 is 4.74 Å². The summed E-state index contributed by atoms with van der Waals surface area (Å²) in [6.45, 7) is 4.90. The van der Waals surface area contributed by atoms with Crippen LogP contribution < -0.4 is 5.73 Å². The third kappa shape index (κ3) is 4.45. The summed E-state index contributed by atoms with van der Waals surface area (Å²) >= 11 is 0. The van der Waals surface area contributed by atoms with E-state index in [1.54, 1.807) is 0 Å². The molecule has 0 aliphatic rings. The van der Waals surface area contributed by atoms with Gasteiger partial charge in [-0.15, -0.1) is 0 Å². The average Bonchev–Trinajstić information content (AvgIpc) is 2.25. The number of hydrogen-bond acceptors (Lipinski definition) is 2. The van der Waals surface area contributed by atoms with Crippen LogP contribution in [0.25, 0.3) is 0 Å². The summed E-state index contributed by atoms with van der Waals surface area (Å²) in [4.78, 5) is 0. The monoisotopic (exact) mass is 220 g/mol. The van der Waals surface area contributed by atoms with Crippen molar-refractivity contribution in [1.29, 1.82) is 5.41 Å². The van der Waals surface area contributed by atoms with E-state index in [4.69, 9.17) is 15.9 Å². The maximum Gasteiger partial charge on any atom is 0.0934 e. The van der Waals surface area contributed by atoms with E-state index in [0.717, 1.165) is 5.56 Å². The van der Waals surface area contributed by atoms with Gasteiger partial charge in [-0.05, 0) is 11.5 Å². The van der Waals surface area contributed by atoms with Crippen molar-refractivity contribution in [2.45, 2.75) is 26.4 Å². The number of rotatable bonds is 6. The zero-order chi connectivity index (χ0) is 12.0. The van der Waals surface area contributed by atoms with Gasteiger partial charge in [-0.3, -0.25) is 5.41 Å². The molecule has 0 amide bonds. The smallest absolute Gasteiger partial charge is 0.0934 e. The Morgan fingerprint density at radius 3 is 2.44 bits per heavy atom. The van der Waals surface area contributed by atoms with E-state index < -0.39 is 0 Å². The van der Waals surface area contributed by atoms with Crippen molar-refractivity contribution in [3.63, 3.8) is 0 Å². The summed E-state index contributed by atoms with van der Waals surface area (Å²) in [6.07, 6.45) is 0.359. The van der Waals surface area contributed by atoms with Gasteiger partial charge < -0.3 is 10.5 Å². The number of nitrogens with two attached hydrogens (primary N) is 1. The molecule has 0 fully saturated rings. The molecular formula is C13H20N2O. The molecule has 1 aromatic carbocycles. The Morgan fingerprint density at radius 1 is 1.31 bits per heavy atom. The predicted octanol–water partition coefficient (Wildman–Crippen LogP) is 2.73. The minimum absolute atomic E-state index is 0.0962. The van der Waals surface area contributed by atoms with E-state index in [1.165, 1.54) is 0 Å². The van der Waals surface area contributed by atoms with Crippen LogP contribution in [0.3, 0.4) is 0 Å². The first-order chi connectivity index (χ1) is 7.59. The minimum Gasteiger partial charge on any atom is -0.388 e. The van der Waals surface area contributed by atoms with Gasteiger partial charge in [0.15, 0.2) is 0 Å². The summed E-state index contributed by atoms with van der Waals surface area (Å²) in [5.74, 6) is 0.649. The highest BCUT2D eigenvalue weighted by molar-refractivity contribution is 5.77. The number of benzene rings is 1. The van der Waals surface area contributed by atoms with Crippen LogP contribution in [0.1, 0.15) is 31.9 Å². The first-order valence-electron chi connectivity index (χ1n) is 5.59. The lowest BCUT2D eigenvalue weighted by molar-refractivity contribution is 0.0393. The Balaban J connectivity index is 2.67. The molecule has 1 aromatic rings. The van der Waals surface area contributed by atoms with Gasteiger partial charge in [0.2, 0.25) is 0 Å². The molecule has 0 radical (unpaired) electrons. The summed E-state index contributed by atoms with van der Waals surface area (Å²) < 4.78 is 5.78. The van der Waals surface area contributed by atoms with Gasteiger partial charge in [0.1, 0.15) is 0 Å². The average molecular weight is 220 g/mol. The standard InChI is InChI=1S/C13H20N2O/c1-10(2)9-16-12(8-13(14)15)11-6-4-3-5-7-11/h3-7,10,12H,8-9H2,1-2H3,(H3,14,15). The summed E-state index contributed by atoms with van der Waals surface area (Å²) in [5.41, 5.74) is 6.52. The highest BCUT2D eigenvalue weighted by atomic mass is 16.5. The van der Waals surface area contributed by atoms with Crippen LogP contribution in [-0.4, -0.2) is 12.4 Å². The number of hydrogen-bond donors (Lipinski definition) is 2. The lowest BCUT2D eigenvalue weighted by Gasteiger charge is -2.19. The molecular weight excluding hydrogens is 200 g/mol. The van der Waals surface area contributed by atoms with E-state index in [0.29, 0.717) is 18.9 Å². The van der Waals surface area contributed by atoms with Crippen molar-refractivity contribution in [2.24, 2.45) is 11.7 Å². The lowest BCUT2D eigenvalue weighted by Crippen LogP contribution is -2.18. The molecule has 0 saturated heterocycles. The number of nitrogens with one attached hydrogen (secondary N) is 1. The van der Waals surface area contributed by atoms with Crippen molar-refractivity contribution in [2.75, 3.05) is 6.61 Å². The topological polar surface area (TPSA) is 59.1 Å². The van der Waals surface area contributed by atoms with E-state index in [9.17, 15) is 0 Å². The second-order valence-electron chi connectivity index (χ2n) is 4.36. The van der Waals surface area contributed by atoms with Gasteiger partial charge in [-0.1, -0.05) is 44.2 Å². The molecule has 0 heterocycles. The zero-order valence-corrected chi connectivity index (χ0v) is 9.94. The molecule has 1 unspecified atom stereocenters. The third-order valence-electron chi connectivity index (χ3n) is 2.21. The Hall–Kier alpha value is -1.35. The highest BCUT2D eigenvalue weighted by Crippen LogP contribution is 2.21. The van der Waals surface area contributed by atoms with Crippen LogP contribution in [0, 0.1) is 11.3 Å². The summed E-state index contributed by atoms with van der Waals surface area (Å²) in [6, 6.07) is 9.93. The molecule has 1 rings (SSSR count). The van der Waals surface area contributed by atoms with E-state index in [-0.39, 0.29) is 11.9 Å². The van der Waals surface area contributed by atoms with Crippen LogP contribution >= 0.6 is 0 Å². The van der Waals surface area contributed by atoms with Gasteiger partial charge in [-0.25, -0.2) is 0 Å². The lowest BCUT2D eigenvalue weighted by atomic mass is 10.1. The molecule has 3 N–H and O–H groups in total. The minimum atomic E-state index is -0.0962. The molecule has 0 saturated carbocycles. The first-order valence-corrected chi connectivity index (χ1v) is 5.59. The Morgan fingerprint density at radius 2 is 1.94 bits per heavy atom. The second-order valence-corrected chi connectivity index (χ2v) is 4.36. The Bertz CT molecular complexity index is 322. The van der Waals surface area contributed by atoms with Gasteiger partial charge in [0.25, 0.3) is 0 Å². The van der Waals surface area contributed by atoms with Crippen LogP contribution in [0.5, 0.6) is 0 Å². The normalized spacial score (nSPS) is 12.7. The van der Waals surface area contributed by atoms with Crippen molar-refractivity contribution in [3.8, 4) is 0 Å². The molecule has 3 heteroatoms. The van der Waals surface area contributed by atoms with E-state index in [2.05, 4.69) is 13.8 Å². The molecule has 0 aliphatic carbocycles. The second kappa shape index (κ2) is 6.28. The molecule has 0 spiro atoms. The number of amidine groups is 1. The van der Waals surface area contributed by atoms with Gasteiger partial charge in [0, 0.05) is 13.0 Å². The predicted molar refractivity (Wildman–Crippen MR) is 66.5 cm³/mol. The van der Waals surface area contributed by atoms with Crippen molar-refractivity contribution >= 4 is 5.84 Å². The SMILES string of the molecule is CC(C)COC(CC(=N)N)c1ccccc1. The van der Waals surface area contributed by atoms with Crippen LogP contribution in [0.15, 0.2) is 30.3 Å². The number of ether oxygens (including phenoxy) is 1. The fraction of sp³-hybridized carbons (Fsp3) is 0.462. The third-order valence-corrected chi connectivity index (χ3v) is 2.21.